The molecule has 0 spiro atoms. The molecule has 3 nitrogen and oxygen atoms in total. The van der Waals surface area contributed by atoms with Crippen LogP contribution in [0.15, 0.2) is 46.9 Å². The van der Waals surface area contributed by atoms with Crippen molar-refractivity contribution in [2.45, 2.75) is 19.4 Å². The molecule has 0 fully saturated rings. The van der Waals surface area contributed by atoms with Crippen LogP contribution in [-0.4, -0.2) is 12.2 Å². The standard InChI is InChI=1S/C17H18BrFN2OS/c1-3-15(11-4-7-13(22-2)8-5-11)20-17(23)21-16-9-6-12(18)10-14(16)19/h4-10,15H,3H2,1-2H3,(H2,20,21,23)/t15-/m0/s1. The smallest absolute Gasteiger partial charge is 0.171 e. The average Bonchev–Trinajstić information content (AvgIpc) is 2.55. The molecule has 2 aromatic carbocycles. The van der Waals surface area contributed by atoms with Crippen LogP contribution in [0.2, 0.25) is 0 Å². The summed E-state index contributed by atoms with van der Waals surface area (Å²) in [5.74, 6) is 0.447. The molecule has 0 bridgehead atoms. The molecule has 0 heterocycles. The van der Waals surface area contributed by atoms with Gasteiger partial charge in [0.25, 0.3) is 0 Å². The molecule has 2 rings (SSSR count). The Balaban J connectivity index is 2.04. The van der Waals surface area contributed by atoms with E-state index in [9.17, 15) is 4.39 Å². The molecular weight excluding hydrogens is 379 g/mol. The van der Waals surface area contributed by atoms with Gasteiger partial charge in [0.05, 0.1) is 18.8 Å². The molecule has 0 aliphatic heterocycles. The van der Waals surface area contributed by atoms with E-state index in [-0.39, 0.29) is 11.9 Å². The van der Waals surface area contributed by atoms with Crippen LogP contribution in [0.25, 0.3) is 0 Å². The topological polar surface area (TPSA) is 33.3 Å². The van der Waals surface area contributed by atoms with E-state index in [1.54, 1.807) is 19.2 Å². The van der Waals surface area contributed by atoms with Crippen LogP contribution in [0.1, 0.15) is 24.9 Å². The van der Waals surface area contributed by atoms with Crippen molar-refractivity contribution in [1.29, 1.82) is 0 Å². The van der Waals surface area contributed by atoms with Crippen LogP contribution in [0, 0.1) is 5.82 Å². The van der Waals surface area contributed by atoms with Crippen LogP contribution >= 0.6 is 28.1 Å². The van der Waals surface area contributed by atoms with Gasteiger partial charge >= 0.3 is 0 Å². The Labute approximate surface area is 149 Å². The van der Waals surface area contributed by atoms with E-state index < -0.39 is 0 Å². The molecule has 0 saturated heterocycles. The monoisotopic (exact) mass is 396 g/mol. The van der Waals surface area contributed by atoms with E-state index in [1.807, 2.05) is 24.3 Å². The maximum absolute atomic E-state index is 13.8. The number of benzene rings is 2. The van der Waals surface area contributed by atoms with E-state index in [4.69, 9.17) is 17.0 Å². The summed E-state index contributed by atoms with van der Waals surface area (Å²) in [6.45, 7) is 2.06. The minimum Gasteiger partial charge on any atom is -0.497 e. The molecule has 1 atom stereocenters. The summed E-state index contributed by atoms with van der Waals surface area (Å²) < 4.78 is 19.7. The average molecular weight is 397 g/mol. The summed E-state index contributed by atoms with van der Waals surface area (Å²) in [5.41, 5.74) is 1.43. The summed E-state index contributed by atoms with van der Waals surface area (Å²) in [7, 11) is 1.64. The highest BCUT2D eigenvalue weighted by atomic mass is 79.9. The molecule has 0 aliphatic rings. The Morgan fingerprint density at radius 3 is 2.52 bits per heavy atom. The van der Waals surface area contributed by atoms with Gasteiger partial charge in [0, 0.05) is 4.47 Å². The fourth-order valence-electron chi connectivity index (χ4n) is 2.16. The van der Waals surface area contributed by atoms with E-state index in [0.29, 0.717) is 15.3 Å². The van der Waals surface area contributed by atoms with E-state index in [2.05, 4.69) is 33.5 Å². The molecule has 2 N–H and O–H groups in total. The van der Waals surface area contributed by atoms with E-state index >= 15 is 0 Å². The second-order valence-electron chi connectivity index (χ2n) is 4.96. The Bertz CT molecular complexity index is 679. The summed E-state index contributed by atoms with van der Waals surface area (Å²) in [6, 6.07) is 12.6. The molecule has 2 aromatic rings. The van der Waals surface area contributed by atoms with Crippen LogP contribution in [0.3, 0.4) is 0 Å². The largest absolute Gasteiger partial charge is 0.497 e. The Kier molecular flexibility index (Phi) is 6.36. The fourth-order valence-corrected chi connectivity index (χ4v) is 2.75. The Morgan fingerprint density at radius 2 is 1.96 bits per heavy atom. The second kappa shape index (κ2) is 8.26. The van der Waals surface area contributed by atoms with Gasteiger partial charge in [-0.2, -0.15) is 0 Å². The second-order valence-corrected chi connectivity index (χ2v) is 6.28. The number of nitrogens with one attached hydrogen (secondary N) is 2. The number of thiocarbonyl (C=S) groups is 1. The third-order valence-corrected chi connectivity index (χ3v) is 4.12. The van der Waals surface area contributed by atoms with Crippen molar-refractivity contribution in [2.24, 2.45) is 0 Å². The number of hydrogen-bond donors (Lipinski definition) is 2. The molecule has 0 aliphatic carbocycles. The van der Waals surface area contributed by atoms with Gasteiger partial charge in [-0.25, -0.2) is 4.39 Å². The fraction of sp³-hybridized carbons (Fsp3) is 0.235. The molecule has 6 heteroatoms. The van der Waals surface area contributed by atoms with Gasteiger partial charge in [0.1, 0.15) is 11.6 Å². The van der Waals surface area contributed by atoms with Gasteiger partial charge < -0.3 is 15.4 Å². The SMILES string of the molecule is CC[C@H](NC(=S)Nc1ccc(Br)cc1F)c1ccc(OC)cc1. The van der Waals surface area contributed by atoms with Gasteiger partial charge in [0.2, 0.25) is 0 Å². The molecule has 0 radical (unpaired) electrons. The molecule has 122 valence electrons. The van der Waals surface area contributed by atoms with Gasteiger partial charge in [-0.15, -0.1) is 0 Å². The summed E-state index contributed by atoms with van der Waals surface area (Å²) >= 11 is 8.52. The minimum absolute atomic E-state index is 0.0411. The van der Waals surface area contributed by atoms with Gasteiger partial charge in [-0.05, 0) is 54.5 Å². The van der Waals surface area contributed by atoms with Crippen molar-refractivity contribution in [3.8, 4) is 5.75 Å². The molecule has 0 amide bonds. The van der Waals surface area contributed by atoms with Crippen LogP contribution in [-0.2, 0) is 0 Å². The third kappa shape index (κ3) is 4.91. The number of hydrogen-bond acceptors (Lipinski definition) is 2. The first-order valence-electron chi connectivity index (χ1n) is 7.20. The van der Waals surface area contributed by atoms with Crippen molar-refractivity contribution < 1.29 is 9.13 Å². The van der Waals surface area contributed by atoms with Crippen LogP contribution < -0.4 is 15.4 Å². The van der Waals surface area contributed by atoms with Crippen LogP contribution in [0.5, 0.6) is 5.75 Å². The van der Waals surface area contributed by atoms with Crippen molar-refractivity contribution >= 4 is 38.9 Å². The number of anilines is 1. The predicted molar refractivity (Wildman–Crippen MR) is 99.5 cm³/mol. The van der Waals surface area contributed by atoms with E-state index in [1.165, 1.54) is 6.07 Å². The Hall–Kier alpha value is -1.66. The first-order valence-corrected chi connectivity index (χ1v) is 8.40. The lowest BCUT2D eigenvalue weighted by molar-refractivity contribution is 0.414. The minimum atomic E-state index is -0.360. The van der Waals surface area contributed by atoms with Crippen molar-refractivity contribution in [3.05, 3.63) is 58.3 Å². The Morgan fingerprint density at radius 1 is 1.26 bits per heavy atom. The highest BCUT2D eigenvalue weighted by Crippen LogP contribution is 2.22. The normalized spacial score (nSPS) is 11.7. The molecule has 23 heavy (non-hydrogen) atoms. The lowest BCUT2D eigenvalue weighted by atomic mass is 10.0. The first-order chi connectivity index (χ1) is 11.0. The first kappa shape index (κ1) is 17.7. The zero-order chi connectivity index (χ0) is 16.8. The lowest BCUT2D eigenvalue weighted by Gasteiger charge is -2.20. The maximum Gasteiger partial charge on any atom is 0.171 e. The van der Waals surface area contributed by atoms with Gasteiger partial charge in [-0.1, -0.05) is 35.0 Å². The summed E-state index contributed by atoms with van der Waals surface area (Å²) in [4.78, 5) is 0. The maximum atomic E-state index is 13.8. The predicted octanol–water partition coefficient (Wildman–Crippen LogP) is 5.03. The van der Waals surface area contributed by atoms with Crippen molar-refractivity contribution in [3.63, 3.8) is 0 Å². The van der Waals surface area contributed by atoms with Gasteiger partial charge in [-0.3, -0.25) is 0 Å². The highest BCUT2D eigenvalue weighted by Gasteiger charge is 2.12. The zero-order valence-corrected chi connectivity index (χ0v) is 15.3. The van der Waals surface area contributed by atoms with Crippen LogP contribution in [0.4, 0.5) is 10.1 Å². The number of ether oxygens (including phenoxy) is 1. The quantitative estimate of drug-likeness (QED) is 0.693. The number of halogens is 2. The molecule has 0 unspecified atom stereocenters. The molecule has 0 aromatic heterocycles. The van der Waals surface area contributed by atoms with Crippen molar-refractivity contribution in [1.82, 2.24) is 5.32 Å². The molecule has 0 saturated carbocycles. The number of methoxy groups -OCH3 is 1. The number of rotatable bonds is 5. The molecular formula is C17H18BrFN2OS. The van der Waals surface area contributed by atoms with E-state index in [0.717, 1.165) is 17.7 Å². The van der Waals surface area contributed by atoms with Crippen molar-refractivity contribution in [2.75, 3.05) is 12.4 Å². The zero-order valence-electron chi connectivity index (χ0n) is 12.9. The summed E-state index contributed by atoms with van der Waals surface area (Å²) in [5, 5.41) is 6.49. The third-order valence-electron chi connectivity index (χ3n) is 3.41. The van der Waals surface area contributed by atoms with Gasteiger partial charge in [0.15, 0.2) is 5.11 Å². The summed E-state index contributed by atoms with van der Waals surface area (Å²) in [6.07, 6.45) is 0.844. The highest BCUT2D eigenvalue weighted by molar-refractivity contribution is 9.10. The lowest BCUT2D eigenvalue weighted by Crippen LogP contribution is -2.32.